The molecule has 0 spiro atoms. The van der Waals surface area contributed by atoms with Crippen LogP contribution in [-0.2, 0) is 19.9 Å². The van der Waals surface area contributed by atoms with E-state index in [1.807, 2.05) is 0 Å². The molecule has 0 N–H and O–H groups in total. The van der Waals surface area contributed by atoms with Gasteiger partial charge >= 0.3 is 5.97 Å². The van der Waals surface area contributed by atoms with E-state index >= 15 is 0 Å². The summed E-state index contributed by atoms with van der Waals surface area (Å²) < 4.78 is 5.34. The third-order valence-electron chi connectivity index (χ3n) is 7.57. The molecule has 1 fully saturated rings. The van der Waals surface area contributed by atoms with Gasteiger partial charge in [-0.1, -0.05) is 60.7 Å². The fourth-order valence-corrected chi connectivity index (χ4v) is 6.40. The van der Waals surface area contributed by atoms with E-state index in [4.69, 9.17) is 4.74 Å². The average molecular weight is 482 g/mol. The molecule has 8 heteroatoms. The smallest absolute Gasteiger partial charge is 0.340 e. The molecule has 1 aliphatic heterocycles. The van der Waals surface area contributed by atoms with Crippen molar-refractivity contribution in [1.29, 1.82) is 0 Å². The van der Waals surface area contributed by atoms with E-state index in [0.717, 1.165) is 4.90 Å². The minimum absolute atomic E-state index is 0.0593. The zero-order valence-corrected chi connectivity index (χ0v) is 19.6. The van der Waals surface area contributed by atoms with Gasteiger partial charge in [0.25, 0.3) is 5.54 Å². The van der Waals surface area contributed by atoms with Crippen molar-refractivity contribution in [2.24, 2.45) is 11.8 Å². The van der Waals surface area contributed by atoms with Crippen molar-refractivity contribution in [2.75, 3.05) is 4.90 Å². The molecule has 1 heterocycles. The number of para-hydroxylation sites is 1. The topological polar surface area (TPSA) is 107 Å². The molecule has 2 amide bonds. The predicted molar refractivity (Wildman–Crippen MR) is 129 cm³/mol. The maximum atomic E-state index is 14.1. The summed E-state index contributed by atoms with van der Waals surface area (Å²) in [4.78, 5) is 54.6. The lowest BCUT2D eigenvalue weighted by atomic mass is 9.51. The van der Waals surface area contributed by atoms with Crippen molar-refractivity contribution >= 4 is 23.5 Å². The molecule has 4 aliphatic rings. The summed E-state index contributed by atoms with van der Waals surface area (Å²) in [6.07, 6.45) is -0.407. The molecule has 0 aromatic heterocycles. The number of amides is 2. The lowest BCUT2D eigenvalue weighted by molar-refractivity contribution is -0.578. The molecule has 0 radical (unpaired) electrons. The second-order valence-electron chi connectivity index (χ2n) is 9.66. The third kappa shape index (κ3) is 2.61. The molecule has 36 heavy (non-hydrogen) atoms. The number of hydrogen-bond donors (Lipinski definition) is 0. The summed E-state index contributed by atoms with van der Waals surface area (Å²) in [6.45, 7) is 3.41. The van der Waals surface area contributed by atoms with Crippen molar-refractivity contribution in [3.05, 3.63) is 111 Å². The van der Waals surface area contributed by atoms with Crippen LogP contribution in [0.4, 0.5) is 5.69 Å². The molecule has 3 aromatic rings. The maximum absolute atomic E-state index is 14.1. The van der Waals surface area contributed by atoms with Gasteiger partial charge in [0.2, 0.25) is 11.8 Å². The van der Waals surface area contributed by atoms with E-state index in [0.29, 0.717) is 22.3 Å². The zero-order chi connectivity index (χ0) is 25.4. The van der Waals surface area contributed by atoms with Gasteiger partial charge in [-0.3, -0.25) is 19.7 Å². The number of nitrogens with zero attached hydrogens (tertiary/aromatic N) is 2. The van der Waals surface area contributed by atoms with Gasteiger partial charge in [-0.15, -0.1) is 0 Å². The Hall–Kier alpha value is -4.33. The van der Waals surface area contributed by atoms with Crippen LogP contribution >= 0.6 is 0 Å². The molecular weight excluding hydrogens is 460 g/mol. The Morgan fingerprint density at radius 2 is 1.47 bits per heavy atom. The van der Waals surface area contributed by atoms with Gasteiger partial charge in [-0.25, -0.2) is 9.69 Å². The number of rotatable bonds is 4. The Morgan fingerprint density at radius 1 is 0.917 bits per heavy atom. The number of nitro groups is 1. The zero-order valence-electron chi connectivity index (χ0n) is 19.6. The van der Waals surface area contributed by atoms with E-state index in [9.17, 15) is 24.5 Å². The van der Waals surface area contributed by atoms with Crippen molar-refractivity contribution in [3.8, 4) is 0 Å². The van der Waals surface area contributed by atoms with E-state index in [-0.39, 0.29) is 11.3 Å². The van der Waals surface area contributed by atoms with Gasteiger partial charge in [0.1, 0.15) is 5.92 Å². The highest BCUT2D eigenvalue weighted by atomic mass is 16.6. The first kappa shape index (κ1) is 22.2. The Bertz CT molecular complexity index is 1430. The van der Waals surface area contributed by atoms with Gasteiger partial charge in [0, 0.05) is 22.0 Å². The van der Waals surface area contributed by atoms with Crippen LogP contribution in [0.1, 0.15) is 52.4 Å². The molecule has 3 aliphatic carbocycles. The van der Waals surface area contributed by atoms with E-state index in [1.54, 1.807) is 74.5 Å². The quantitative estimate of drug-likeness (QED) is 0.240. The molecule has 0 unspecified atom stereocenters. The van der Waals surface area contributed by atoms with Crippen molar-refractivity contribution in [3.63, 3.8) is 0 Å². The Kier molecular flexibility index (Phi) is 4.67. The van der Waals surface area contributed by atoms with Crippen LogP contribution in [0.2, 0.25) is 0 Å². The average Bonchev–Trinajstić information content (AvgIpc) is 3.14. The molecule has 2 atom stereocenters. The molecule has 3 aromatic carbocycles. The van der Waals surface area contributed by atoms with Crippen LogP contribution in [0.5, 0.6) is 0 Å². The maximum Gasteiger partial charge on any atom is 0.340 e. The largest absolute Gasteiger partial charge is 0.459 e. The molecule has 180 valence electrons. The van der Waals surface area contributed by atoms with Crippen LogP contribution in [0, 0.1) is 22.0 Å². The van der Waals surface area contributed by atoms with Gasteiger partial charge in [-0.2, -0.15) is 0 Å². The van der Waals surface area contributed by atoms with Crippen LogP contribution < -0.4 is 4.90 Å². The number of benzene rings is 3. The Labute approximate surface area is 206 Å². The van der Waals surface area contributed by atoms with Crippen LogP contribution in [-0.4, -0.2) is 28.8 Å². The lowest BCUT2D eigenvalue weighted by Crippen LogP contribution is -2.57. The number of anilines is 1. The first-order valence-electron chi connectivity index (χ1n) is 11.8. The molecular formula is C28H22N2O6. The summed E-state index contributed by atoms with van der Waals surface area (Å²) in [5, 5.41) is 13.0. The molecule has 8 nitrogen and oxygen atoms in total. The van der Waals surface area contributed by atoms with Crippen LogP contribution in [0.3, 0.4) is 0 Å². The van der Waals surface area contributed by atoms with Gasteiger partial charge in [-0.05, 0) is 37.1 Å². The molecule has 2 bridgehead atoms. The van der Waals surface area contributed by atoms with Crippen LogP contribution in [0.25, 0.3) is 0 Å². The minimum atomic E-state index is -1.92. The van der Waals surface area contributed by atoms with Crippen molar-refractivity contribution in [1.82, 2.24) is 0 Å². The van der Waals surface area contributed by atoms with Gasteiger partial charge < -0.3 is 4.74 Å². The molecule has 0 saturated carbocycles. The number of hydrogen-bond acceptors (Lipinski definition) is 6. The monoisotopic (exact) mass is 482 g/mol. The van der Waals surface area contributed by atoms with Crippen molar-refractivity contribution in [2.45, 2.75) is 31.4 Å². The summed E-state index contributed by atoms with van der Waals surface area (Å²) in [7, 11) is 0. The normalized spacial score (nSPS) is 25.4. The van der Waals surface area contributed by atoms with Gasteiger partial charge in [0.15, 0.2) is 0 Å². The van der Waals surface area contributed by atoms with E-state index < -0.39 is 52.1 Å². The van der Waals surface area contributed by atoms with Gasteiger partial charge in [0.05, 0.1) is 23.3 Å². The number of carbonyl (C=O) groups is 3. The van der Waals surface area contributed by atoms with E-state index in [2.05, 4.69) is 0 Å². The lowest BCUT2D eigenvalue weighted by Gasteiger charge is -2.48. The predicted octanol–water partition coefficient (Wildman–Crippen LogP) is 4.04. The highest BCUT2D eigenvalue weighted by Gasteiger charge is 2.75. The summed E-state index contributed by atoms with van der Waals surface area (Å²) >= 11 is 0. The molecule has 1 saturated heterocycles. The Balaban J connectivity index is 1.59. The number of imide groups is 1. The highest BCUT2D eigenvalue weighted by molar-refractivity contribution is 6.25. The summed E-state index contributed by atoms with van der Waals surface area (Å²) in [6, 6.07) is 20.2. The number of carbonyl (C=O) groups excluding carboxylic acids is 3. The highest BCUT2D eigenvalue weighted by Crippen LogP contribution is 2.64. The second-order valence-corrected chi connectivity index (χ2v) is 9.66. The Morgan fingerprint density at radius 3 is 2.06 bits per heavy atom. The fraction of sp³-hybridized carbons (Fsp3) is 0.250. The minimum Gasteiger partial charge on any atom is -0.459 e. The fourth-order valence-electron chi connectivity index (χ4n) is 6.40. The molecule has 7 rings (SSSR count). The number of ether oxygens (including phenoxy) is 1. The summed E-state index contributed by atoms with van der Waals surface area (Å²) in [5.41, 5.74) is 0.476. The standard InChI is InChI=1S/C28H22N2O6/c1-15(2)36-27(33)18-11-5-8-14-21(18)29-25(31)23-22-16-9-3-6-12-19(16)28(30(34)35,24(23)26(29)32)20-13-7-4-10-17(20)22/h3-15,22-24H,1-2H3/t22?,23-,24+,28?/m0/s1. The van der Waals surface area contributed by atoms with E-state index in [1.165, 1.54) is 12.1 Å². The second kappa shape index (κ2) is 7.58. The first-order valence-corrected chi connectivity index (χ1v) is 11.8. The van der Waals surface area contributed by atoms with Crippen molar-refractivity contribution < 1.29 is 24.0 Å². The SMILES string of the molecule is CC(C)OC(=O)c1ccccc1N1C(=O)[C@H]2C3c4ccccc4C([N+](=O)[O-])(c4ccccc43)[C@H]2C1=O. The third-order valence-corrected chi connectivity index (χ3v) is 7.57. The summed E-state index contributed by atoms with van der Waals surface area (Å²) in [5.74, 6) is -4.63. The van der Waals surface area contributed by atoms with Crippen LogP contribution in [0.15, 0.2) is 72.8 Å². The number of esters is 1. The first-order chi connectivity index (χ1) is 17.3.